The van der Waals surface area contributed by atoms with Gasteiger partial charge in [0.25, 0.3) is 0 Å². The van der Waals surface area contributed by atoms with Crippen LogP contribution in [0, 0.1) is 5.92 Å². The summed E-state index contributed by atoms with van der Waals surface area (Å²) in [7, 11) is 1.31. The van der Waals surface area contributed by atoms with Gasteiger partial charge in [-0.2, -0.15) is 0 Å². The SMILES string of the molecule is COC(=O)[C@](C)(CSc1ccc(Cl)cc1)NC(=O)C(C)C. The van der Waals surface area contributed by atoms with E-state index in [4.69, 9.17) is 16.3 Å². The maximum Gasteiger partial charge on any atom is 0.332 e. The van der Waals surface area contributed by atoms with Gasteiger partial charge in [0.2, 0.25) is 5.91 Å². The van der Waals surface area contributed by atoms with Crippen molar-refractivity contribution in [1.29, 1.82) is 0 Å². The molecule has 1 aromatic carbocycles. The fourth-order valence-corrected chi connectivity index (χ4v) is 2.65. The largest absolute Gasteiger partial charge is 0.467 e. The molecule has 1 aromatic rings. The highest BCUT2D eigenvalue weighted by Gasteiger charge is 2.36. The smallest absolute Gasteiger partial charge is 0.332 e. The quantitative estimate of drug-likeness (QED) is 0.643. The zero-order valence-electron chi connectivity index (χ0n) is 12.6. The summed E-state index contributed by atoms with van der Waals surface area (Å²) >= 11 is 7.30. The van der Waals surface area contributed by atoms with Gasteiger partial charge in [0.1, 0.15) is 5.54 Å². The third kappa shape index (κ3) is 5.25. The van der Waals surface area contributed by atoms with E-state index in [2.05, 4.69) is 5.32 Å². The number of amides is 1. The molecule has 1 amide bonds. The molecular weight excluding hydrogens is 310 g/mol. The highest BCUT2D eigenvalue weighted by atomic mass is 35.5. The first-order chi connectivity index (χ1) is 9.78. The molecule has 0 aliphatic carbocycles. The predicted molar refractivity (Wildman–Crippen MR) is 85.6 cm³/mol. The zero-order chi connectivity index (χ0) is 16.0. The highest BCUT2D eigenvalue weighted by molar-refractivity contribution is 7.99. The third-order valence-electron chi connectivity index (χ3n) is 2.90. The van der Waals surface area contributed by atoms with Crippen molar-refractivity contribution in [2.75, 3.05) is 12.9 Å². The molecule has 0 aliphatic rings. The Hall–Kier alpha value is -1.20. The normalized spacial score (nSPS) is 13.6. The lowest BCUT2D eigenvalue weighted by molar-refractivity contribution is -0.149. The Morgan fingerprint density at radius 2 is 1.90 bits per heavy atom. The summed E-state index contributed by atoms with van der Waals surface area (Å²) in [5.74, 6) is -0.466. The summed E-state index contributed by atoms with van der Waals surface area (Å²) in [5, 5.41) is 3.42. The molecule has 0 saturated heterocycles. The van der Waals surface area contributed by atoms with E-state index in [0.29, 0.717) is 10.8 Å². The number of thioether (sulfide) groups is 1. The molecule has 1 N–H and O–H groups in total. The number of halogens is 1. The standard InChI is InChI=1S/C15H20ClNO3S/c1-10(2)13(18)17-15(3,14(19)20-4)9-21-12-7-5-11(16)6-8-12/h5-8,10H,9H2,1-4H3,(H,17,18)/t15-/m0/s1. The van der Waals surface area contributed by atoms with Crippen LogP contribution in [0.4, 0.5) is 0 Å². The molecule has 21 heavy (non-hydrogen) atoms. The Bertz CT molecular complexity index is 504. The van der Waals surface area contributed by atoms with Gasteiger partial charge in [-0.1, -0.05) is 25.4 Å². The number of rotatable bonds is 6. The van der Waals surface area contributed by atoms with Crippen LogP contribution in [-0.4, -0.2) is 30.3 Å². The van der Waals surface area contributed by atoms with E-state index in [0.717, 1.165) is 4.90 Å². The molecule has 0 aliphatic heterocycles. The first-order valence-corrected chi connectivity index (χ1v) is 7.93. The van der Waals surface area contributed by atoms with E-state index in [9.17, 15) is 9.59 Å². The van der Waals surface area contributed by atoms with Crippen LogP contribution in [-0.2, 0) is 14.3 Å². The van der Waals surface area contributed by atoms with E-state index in [-0.39, 0.29) is 11.8 Å². The molecule has 0 fully saturated rings. The van der Waals surface area contributed by atoms with Gasteiger partial charge >= 0.3 is 5.97 Å². The minimum Gasteiger partial charge on any atom is -0.467 e. The number of hydrogen-bond acceptors (Lipinski definition) is 4. The summed E-state index contributed by atoms with van der Waals surface area (Å²) in [6.45, 7) is 5.22. The predicted octanol–water partition coefficient (Wildman–Crippen LogP) is 3.14. The molecule has 1 atom stereocenters. The number of hydrogen-bond donors (Lipinski definition) is 1. The molecule has 0 unspecified atom stereocenters. The van der Waals surface area contributed by atoms with Crippen molar-refractivity contribution in [2.45, 2.75) is 31.2 Å². The van der Waals surface area contributed by atoms with Gasteiger partial charge in [0.05, 0.1) is 7.11 Å². The number of carbonyl (C=O) groups excluding carboxylic acids is 2. The summed E-state index contributed by atoms with van der Waals surface area (Å²) < 4.78 is 4.82. The maximum absolute atomic E-state index is 12.0. The second kappa shape index (κ2) is 7.71. The molecular formula is C15H20ClNO3S. The van der Waals surface area contributed by atoms with E-state index in [1.165, 1.54) is 18.9 Å². The number of benzene rings is 1. The van der Waals surface area contributed by atoms with Crippen LogP contribution in [0.5, 0.6) is 0 Å². The maximum atomic E-state index is 12.0. The monoisotopic (exact) mass is 329 g/mol. The highest BCUT2D eigenvalue weighted by Crippen LogP contribution is 2.25. The van der Waals surface area contributed by atoms with Crippen molar-refractivity contribution in [3.05, 3.63) is 29.3 Å². The van der Waals surface area contributed by atoms with E-state index < -0.39 is 11.5 Å². The van der Waals surface area contributed by atoms with Crippen molar-refractivity contribution in [3.63, 3.8) is 0 Å². The first-order valence-electron chi connectivity index (χ1n) is 6.57. The average Bonchev–Trinajstić information content (AvgIpc) is 2.45. The molecule has 0 heterocycles. The lowest BCUT2D eigenvalue weighted by atomic mass is 10.0. The molecule has 0 spiro atoms. The van der Waals surface area contributed by atoms with Crippen molar-refractivity contribution in [2.24, 2.45) is 5.92 Å². The summed E-state index contributed by atoms with van der Waals surface area (Å²) in [6.07, 6.45) is 0. The lowest BCUT2D eigenvalue weighted by Gasteiger charge is -2.28. The Morgan fingerprint density at radius 1 is 1.33 bits per heavy atom. The van der Waals surface area contributed by atoms with E-state index in [1.54, 1.807) is 32.9 Å². The molecule has 0 aromatic heterocycles. The number of methoxy groups -OCH3 is 1. The van der Waals surface area contributed by atoms with Gasteiger partial charge in [-0.05, 0) is 31.2 Å². The molecule has 4 nitrogen and oxygen atoms in total. The Balaban J connectivity index is 2.80. The van der Waals surface area contributed by atoms with Gasteiger partial charge in [-0.25, -0.2) is 4.79 Å². The molecule has 6 heteroatoms. The molecule has 116 valence electrons. The Kier molecular flexibility index (Phi) is 6.55. The molecule has 0 radical (unpaired) electrons. The zero-order valence-corrected chi connectivity index (χ0v) is 14.2. The van der Waals surface area contributed by atoms with Crippen molar-refractivity contribution < 1.29 is 14.3 Å². The van der Waals surface area contributed by atoms with Gasteiger partial charge in [0, 0.05) is 21.6 Å². The van der Waals surface area contributed by atoms with Crippen LogP contribution in [0.2, 0.25) is 5.02 Å². The summed E-state index contributed by atoms with van der Waals surface area (Å²) in [5.41, 5.74) is -1.07. The second-order valence-corrected chi connectivity index (χ2v) is 6.70. The summed E-state index contributed by atoms with van der Waals surface area (Å²) in [4.78, 5) is 24.9. The fraction of sp³-hybridized carbons (Fsp3) is 0.467. The van der Waals surface area contributed by atoms with Gasteiger partial charge in [-0.15, -0.1) is 11.8 Å². The third-order valence-corrected chi connectivity index (χ3v) is 4.48. The van der Waals surface area contributed by atoms with Gasteiger partial charge in [0.15, 0.2) is 0 Å². The van der Waals surface area contributed by atoms with Crippen LogP contribution >= 0.6 is 23.4 Å². The van der Waals surface area contributed by atoms with Crippen LogP contribution in [0.15, 0.2) is 29.2 Å². The summed E-state index contributed by atoms with van der Waals surface area (Å²) in [6, 6.07) is 7.31. The lowest BCUT2D eigenvalue weighted by Crippen LogP contribution is -2.55. The van der Waals surface area contributed by atoms with Crippen LogP contribution in [0.1, 0.15) is 20.8 Å². The minimum absolute atomic E-state index is 0.181. The number of esters is 1. The number of carbonyl (C=O) groups is 2. The Morgan fingerprint density at radius 3 is 2.38 bits per heavy atom. The molecule has 1 rings (SSSR count). The molecule has 0 saturated carbocycles. The Labute approximate surface area is 134 Å². The fourth-order valence-electron chi connectivity index (χ4n) is 1.55. The number of ether oxygens (including phenoxy) is 1. The van der Waals surface area contributed by atoms with E-state index in [1.807, 2.05) is 12.1 Å². The second-order valence-electron chi connectivity index (χ2n) is 5.21. The average molecular weight is 330 g/mol. The van der Waals surface area contributed by atoms with Crippen molar-refractivity contribution >= 4 is 35.2 Å². The van der Waals surface area contributed by atoms with Crippen LogP contribution < -0.4 is 5.32 Å². The van der Waals surface area contributed by atoms with Crippen LogP contribution in [0.3, 0.4) is 0 Å². The number of nitrogens with one attached hydrogen (secondary N) is 1. The van der Waals surface area contributed by atoms with Gasteiger partial charge in [-0.3, -0.25) is 4.79 Å². The van der Waals surface area contributed by atoms with Crippen molar-refractivity contribution in [1.82, 2.24) is 5.32 Å². The van der Waals surface area contributed by atoms with E-state index >= 15 is 0 Å². The topological polar surface area (TPSA) is 55.4 Å². The van der Waals surface area contributed by atoms with Crippen molar-refractivity contribution in [3.8, 4) is 0 Å². The minimum atomic E-state index is -1.07. The first kappa shape index (κ1) is 17.9. The molecule has 0 bridgehead atoms. The van der Waals surface area contributed by atoms with Gasteiger partial charge < -0.3 is 10.1 Å². The van der Waals surface area contributed by atoms with Crippen LogP contribution in [0.25, 0.3) is 0 Å².